The average Bonchev–Trinajstić information content (AvgIpc) is 2.83. The SMILES string of the molecule is CC(C)(C)[Si](C)(C)OC/C=C/[C@@H]1C[C@@H](O[Si](C)(C)C(C)(C)C)C=C1[Si](C)(C)C. The van der Waals surface area contributed by atoms with Gasteiger partial charge in [0.1, 0.15) is 0 Å². The van der Waals surface area contributed by atoms with Crippen LogP contribution >= 0.6 is 0 Å². The highest BCUT2D eigenvalue weighted by Crippen LogP contribution is 2.42. The number of allylic oxidation sites excluding steroid dienone is 2. The molecule has 2 nitrogen and oxygen atoms in total. The van der Waals surface area contributed by atoms with Crippen molar-refractivity contribution in [3.8, 4) is 0 Å². The van der Waals surface area contributed by atoms with Crippen molar-refractivity contribution in [1.29, 1.82) is 0 Å². The molecule has 0 aromatic heterocycles. The molecule has 28 heavy (non-hydrogen) atoms. The van der Waals surface area contributed by atoms with E-state index in [1.54, 1.807) is 5.20 Å². The minimum absolute atomic E-state index is 0.255. The van der Waals surface area contributed by atoms with Gasteiger partial charge in [-0.25, -0.2) is 0 Å². The van der Waals surface area contributed by atoms with Crippen molar-refractivity contribution in [2.45, 2.75) is 110 Å². The van der Waals surface area contributed by atoms with Gasteiger partial charge in [0.15, 0.2) is 16.6 Å². The minimum Gasteiger partial charge on any atom is -0.413 e. The maximum absolute atomic E-state index is 6.75. The molecule has 0 fully saturated rings. The van der Waals surface area contributed by atoms with Crippen LogP contribution in [0.5, 0.6) is 0 Å². The number of hydrogen-bond acceptors (Lipinski definition) is 2. The Kier molecular flexibility index (Phi) is 8.06. The van der Waals surface area contributed by atoms with Crippen LogP contribution < -0.4 is 0 Å². The third-order valence-electron chi connectivity index (χ3n) is 7.08. The summed E-state index contributed by atoms with van der Waals surface area (Å²) in [6.45, 7) is 31.4. The smallest absolute Gasteiger partial charge is 0.192 e. The molecule has 2 atom stereocenters. The van der Waals surface area contributed by atoms with Gasteiger partial charge in [0.05, 0.1) is 20.8 Å². The van der Waals surface area contributed by atoms with E-state index in [0.717, 1.165) is 13.0 Å². The van der Waals surface area contributed by atoms with Crippen LogP contribution in [0.25, 0.3) is 0 Å². The molecule has 0 radical (unpaired) electrons. The van der Waals surface area contributed by atoms with Crippen molar-refractivity contribution < 1.29 is 8.85 Å². The van der Waals surface area contributed by atoms with E-state index in [4.69, 9.17) is 8.85 Å². The quantitative estimate of drug-likeness (QED) is 0.297. The Labute approximate surface area is 179 Å². The Morgan fingerprint density at radius 1 is 0.893 bits per heavy atom. The van der Waals surface area contributed by atoms with Crippen LogP contribution in [-0.2, 0) is 8.85 Å². The Morgan fingerprint density at radius 2 is 1.39 bits per heavy atom. The predicted molar refractivity (Wildman–Crippen MR) is 134 cm³/mol. The van der Waals surface area contributed by atoms with Crippen molar-refractivity contribution in [1.82, 2.24) is 0 Å². The zero-order chi connectivity index (χ0) is 22.2. The molecule has 164 valence electrons. The fraction of sp³-hybridized carbons (Fsp3) is 0.826. The predicted octanol–water partition coefficient (Wildman–Crippen LogP) is 7.78. The van der Waals surface area contributed by atoms with Crippen LogP contribution in [0.15, 0.2) is 23.4 Å². The van der Waals surface area contributed by atoms with Gasteiger partial charge in [0.25, 0.3) is 0 Å². The largest absolute Gasteiger partial charge is 0.413 e. The van der Waals surface area contributed by atoms with E-state index in [1.165, 1.54) is 0 Å². The normalized spacial score (nSPS) is 22.8. The summed E-state index contributed by atoms with van der Waals surface area (Å²) in [6, 6.07) is 0. The van der Waals surface area contributed by atoms with Gasteiger partial charge >= 0.3 is 0 Å². The lowest BCUT2D eigenvalue weighted by Gasteiger charge is -2.38. The highest BCUT2D eigenvalue weighted by molar-refractivity contribution is 6.83. The summed E-state index contributed by atoms with van der Waals surface area (Å²) >= 11 is 0. The first-order valence-corrected chi connectivity index (χ1v) is 20.3. The molecule has 0 amide bonds. The molecule has 0 saturated heterocycles. The number of rotatable bonds is 7. The van der Waals surface area contributed by atoms with Gasteiger partial charge in [0.2, 0.25) is 0 Å². The lowest BCUT2D eigenvalue weighted by atomic mass is 10.1. The molecule has 0 bridgehead atoms. The monoisotopic (exact) mass is 440 g/mol. The molecule has 0 aromatic rings. The zero-order valence-electron chi connectivity index (χ0n) is 21.1. The van der Waals surface area contributed by atoms with E-state index >= 15 is 0 Å². The summed E-state index contributed by atoms with van der Waals surface area (Å²) < 4.78 is 13.1. The fourth-order valence-electron chi connectivity index (χ4n) is 3.09. The molecule has 1 rings (SSSR count). The molecular formula is C23H48O2Si3. The van der Waals surface area contributed by atoms with Crippen molar-refractivity contribution >= 4 is 24.7 Å². The van der Waals surface area contributed by atoms with Crippen molar-refractivity contribution in [3.05, 3.63) is 23.4 Å². The molecular weight excluding hydrogens is 393 g/mol. The first-order chi connectivity index (χ1) is 12.3. The molecule has 1 aliphatic carbocycles. The Balaban J connectivity index is 2.86. The topological polar surface area (TPSA) is 18.5 Å². The Hall–Kier alpha value is 0.0506. The van der Waals surface area contributed by atoms with Gasteiger partial charge in [0, 0.05) is 0 Å². The fourth-order valence-corrected chi connectivity index (χ4v) is 7.32. The maximum atomic E-state index is 6.75. The van der Waals surface area contributed by atoms with Crippen LogP contribution in [0, 0.1) is 5.92 Å². The van der Waals surface area contributed by atoms with Gasteiger partial charge < -0.3 is 8.85 Å². The van der Waals surface area contributed by atoms with E-state index in [2.05, 4.69) is 106 Å². The van der Waals surface area contributed by atoms with Crippen molar-refractivity contribution in [2.24, 2.45) is 5.92 Å². The molecule has 0 heterocycles. The van der Waals surface area contributed by atoms with Crippen LogP contribution in [0.1, 0.15) is 48.0 Å². The molecule has 0 saturated carbocycles. The first kappa shape index (κ1) is 26.1. The third-order valence-corrected chi connectivity index (χ3v) is 18.4. The molecule has 0 spiro atoms. The zero-order valence-corrected chi connectivity index (χ0v) is 24.1. The maximum Gasteiger partial charge on any atom is 0.192 e. The summed E-state index contributed by atoms with van der Waals surface area (Å²) in [5.41, 5.74) is 0. The van der Waals surface area contributed by atoms with E-state index in [9.17, 15) is 0 Å². The standard InChI is InChI=1S/C23H48O2Si3/c1-22(2,3)27(10,11)24-16-14-15-19-17-20(18-21(19)26(7,8)9)25-28(12,13)23(4,5)6/h14-15,18-20H,16-17H2,1-13H3/b15-14+/t19-,20-/m1/s1. The minimum atomic E-state index is -1.74. The van der Waals surface area contributed by atoms with Crippen LogP contribution in [0.4, 0.5) is 0 Å². The van der Waals surface area contributed by atoms with Crippen molar-refractivity contribution in [2.75, 3.05) is 6.61 Å². The lowest BCUT2D eigenvalue weighted by molar-refractivity contribution is 0.217. The summed E-state index contributed by atoms with van der Waals surface area (Å²) in [5, 5.41) is 2.17. The van der Waals surface area contributed by atoms with Crippen molar-refractivity contribution in [3.63, 3.8) is 0 Å². The summed E-state index contributed by atoms with van der Waals surface area (Å²) in [4.78, 5) is 0. The molecule has 0 aromatic carbocycles. The summed E-state index contributed by atoms with van der Waals surface area (Å²) in [6.07, 6.45) is 8.54. The van der Waals surface area contributed by atoms with Crippen LogP contribution in [0.3, 0.4) is 0 Å². The van der Waals surface area contributed by atoms with Crippen LogP contribution in [-0.4, -0.2) is 37.4 Å². The van der Waals surface area contributed by atoms with Gasteiger partial charge in [-0.1, -0.05) is 84.6 Å². The van der Waals surface area contributed by atoms with E-state index in [-0.39, 0.29) is 16.2 Å². The average molecular weight is 441 g/mol. The summed E-state index contributed by atoms with van der Waals surface area (Å²) in [7, 11) is -4.79. The van der Waals surface area contributed by atoms with Gasteiger partial charge in [-0.2, -0.15) is 0 Å². The second-order valence-corrected chi connectivity index (χ2v) is 27.3. The second-order valence-electron chi connectivity index (χ2n) is 12.6. The second kappa shape index (κ2) is 8.66. The molecule has 0 N–H and O–H groups in total. The molecule has 1 aliphatic rings. The van der Waals surface area contributed by atoms with E-state index in [1.807, 2.05) is 0 Å². The van der Waals surface area contributed by atoms with Crippen LogP contribution in [0.2, 0.25) is 55.9 Å². The summed E-state index contributed by atoms with van der Waals surface area (Å²) in [5.74, 6) is 0.518. The highest BCUT2D eigenvalue weighted by Gasteiger charge is 2.42. The van der Waals surface area contributed by atoms with Gasteiger partial charge in [-0.15, -0.1) is 0 Å². The third kappa shape index (κ3) is 6.79. The highest BCUT2D eigenvalue weighted by atomic mass is 28.4. The van der Waals surface area contributed by atoms with E-state index < -0.39 is 24.7 Å². The van der Waals surface area contributed by atoms with E-state index in [0.29, 0.717) is 5.92 Å². The first-order valence-electron chi connectivity index (χ1n) is 11.0. The van der Waals surface area contributed by atoms with Gasteiger partial charge in [-0.3, -0.25) is 0 Å². The lowest BCUT2D eigenvalue weighted by Crippen LogP contribution is -2.43. The molecule has 0 unspecified atom stereocenters. The molecule has 5 heteroatoms. The Bertz CT molecular complexity index is 584. The number of hydrogen-bond donors (Lipinski definition) is 0. The Morgan fingerprint density at radius 3 is 1.82 bits per heavy atom. The van der Waals surface area contributed by atoms with Gasteiger partial charge in [-0.05, 0) is 48.6 Å². The molecule has 0 aliphatic heterocycles.